The van der Waals surface area contributed by atoms with E-state index in [1.807, 2.05) is 0 Å². The van der Waals surface area contributed by atoms with E-state index in [2.05, 4.69) is 10.4 Å². The van der Waals surface area contributed by atoms with Gasteiger partial charge in [0.25, 0.3) is 5.56 Å². The van der Waals surface area contributed by atoms with Gasteiger partial charge in [0.1, 0.15) is 6.54 Å². The number of carboxylic acids is 1. The topological polar surface area (TPSA) is 126 Å². The number of carbonyl (C=O) groups is 2. The predicted molar refractivity (Wildman–Crippen MR) is 95.3 cm³/mol. The Labute approximate surface area is 155 Å². The molecule has 27 heavy (non-hydrogen) atoms. The van der Waals surface area contributed by atoms with E-state index < -0.39 is 18.1 Å². The average Bonchev–Trinajstić information content (AvgIpc) is 3.18. The van der Waals surface area contributed by atoms with Crippen LogP contribution in [-0.4, -0.2) is 48.6 Å². The van der Waals surface area contributed by atoms with E-state index in [0.29, 0.717) is 19.4 Å². The van der Waals surface area contributed by atoms with Crippen LogP contribution in [0.3, 0.4) is 0 Å². The number of hydrogen-bond donors (Lipinski definition) is 3. The normalized spacial score (nSPS) is 21.9. The Morgan fingerprint density at radius 1 is 1.37 bits per heavy atom. The number of aliphatic hydroxyl groups is 1. The number of aryl methyl sites for hydroxylation is 1. The number of nitrogens with one attached hydrogen (secondary N) is 1. The Morgan fingerprint density at radius 3 is 2.81 bits per heavy atom. The molecule has 9 heteroatoms. The zero-order valence-corrected chi connectivity index (χ0v) is 14.9. The maximum absolute atomic E-state index is 12.2. The molecular formula is C18H22N4O5. The second-order valence-electron chi connectivity index (χ2n) is 7.01. The first-order chi connectivity index (χ1) is 12.8. The van der Waals surface area contributed by atoms with E-state index in [-0.39, 0.29) is 29.5 Å². The van der Waals surface area contributed by atoms with Crippen LogP contribution >= 0.6 is 0 Å². The molecule has 0 aliphatic heterocycles. The Balaban J connectivity index is 1.55. The van der Waals surface area contributed by atoms with E-state index in [1.54, 1.807) is 19.2 Å². The van der Waals surface area contributed by atoms with Gasteiger partial charge in [-0.2, -0.15) is 5.10 Å². The van der Waals surface area contributed by atoms with Crippen molar-refractivity contribution in [2.75, 3.05) is 0 Å². The number of hydrogen-bond acceptors (Lipinski definition) is 5. The van der Waals surface area contributed by atoms with Crippen LogP contribution in [0.5, 0.6) is 0 Å². The molecule has 0 spiro atoms. The molecular weight excluding hydrogens is 352 g/mol. The van der Waals surface area contributed by atoms with Crippen molar-refractivity contribution < 1.29 is 19.8 Å². The van der Waals surface area contributed by atoms with Gasteiger partial charge < -0.3 is 20.1 Å². The lowest BCUT2D eigenvalue weighted by molar-refractivity contribution is -0.123. The lowest BCUT2D eigenvalue weighted by Crippen LogP contribution is -2.42. The summed E-state index contributed by atoms with van der Waals surface area (Å²) in [7, 11) is 0. The van der Waals surface area contributed by atoms with E-state index in [4.69, 9.17) is 5.11 Å². The van der Waals surface area contributed by atoms with E-state index >= 15 is 0 Å². The zero-order chi connectivity index (χ0) is 19.6. The highest BCUT2D eigenvalue weighted by Gasteiger charge is 2.34. The van der Waals surface area contributed by atoms with Gasteiger partial charge in [-0.1, -0.05) is 0 Å². The maximum Gasteiger partial charge on any atom is 0.338 e. The van der Waals surface area contributed by atoms with Crippen LogP contribution in [0.2, 0.25) is 0 Å². The molecule has 9 nitrogen and oxygen atoms in total. The van der Waals surface area contributed by atoms with E-state index in [1.165, 1.54) is 27.7 Å². The van der Waals surface area contributed by atoms with Crippen molar-refractivity contribution in [1.29, 1.82) is 0 Å². The minimum absolute atomic E-state index is 0.0638. The number of carboxylic acid groups (broad SMARTS) is 1. The molecule has 2 heterocycles. The van der Waals surface area contributed by atoms with Crippen LogP contribution in [0.1, 0.15) is 28.8 Å². The number of rotatable bonds is 6. The molecule has 1 amide bonds. The Kier molecular flexibility index (Phi) is 5.41. The van der Waals surface area contributed by atoms with Gasteiger partial charge in [-0.05, 0) is 37.3 Å². The summed E-state index contributed by atoms with van der Waals surface area (Å²) in [5.41, 5.74) is 0.695. The monoisotopic (exact) mass is 374 g/mol. The van der Waals surface area contributed by atoms with Crippen molar-refractivity contribution in [1.82, 2.24) is 19.7 Å². The lowest BCUT2D eigenvalue weighted by Gasteiger charge is -2.17. The molecule has 0 aromatic carbocycles. The van der Waals surface area contributed by atoms with Crippen LogP contribution in [-0.2, 0) is 17.9 Å². The van der Waals surface area contributed by atoms with Crippen molar-refractivity contribution in [2.45, 2.75) is 45.0 Å². The van der Waals surface area contributed by atoms with Gasteiger partial charge in [0.15, 0.2) is 0 Å². The molecule has 0 radical (unpaired) electrons. The molecule has 0 bridgehead atoms. The summed E-state index contributed by atoms with van der Waals surface area (Å²) >= 11 is 0. The minimum atomic E-state index is -1.04. The fraction of sp³-hybridized carbons (Fsp3) is 0.444. The van der Waals surface area contributed by atoms with Crippen molar-refractivity contribution in [3.63, 3.8) is 0 Å². The molecule has 1 aliphatic rings. The SMILES string of the molecule is Cc1ccn(CC(=O)N[C@@H]2CC(Cn3cc(C(=O)O)cn3)C[C@H]2O)c(=O)c1. The summed E-state index contributed by atoms with van der Waals surface area (Å²) in [6, 6.07) is 2.81. The fourth-order valence-electron chi connectivity index (χ4n) is 3.41. The third kappa shape index (κ3) is 4.62. The van der Waals surface area contributed by atoms with Crippen molar-refractivity contribution in [3.8, 4) is 0 Å². The number of amides is 1. The maximum atomic E-state index is 12.2. The third-order valence-corrected chi connectivity index (χ3v) is 4.76. The highest BCUT2D eigenvalue weighted by Crippen LogP contribution is 2.27. The quantitative estimate of drug-likeness (QED) is 0.654. The minimum Gasteiger partial charge on any atom is -0.478 e. The van der Waals surface area contributed by atoms with Gasteiger partial charge in [0.05, 0.1) is 23.9 Å². The van der Waals surface area contributed by atoms with Gasteiger partial charge in [0.2, 0.25) is 5.91 Å². The summed E-state index contributed by atoms with van der Waals surface area (Å²) in [5, 5.41) is 26.0. The highest BCUT2D eigenvalue weighted by atomic mass is 16.4. The largest absolute Gasteiger partial charge is 0.478 e. The molecule has 2 aromatic heterocycles. The zero-order valence-electron chi connectivity index (χ0n) is 14.9. The van der Waals surface area contributed by atoms with Crippen LogP contribution in [0.15, 0.2) is 35.5 Å². The number of pyridine rings is 1. The van der Waals surface area contributed by atoms with Crippen LogP contribution < -0.4 is 10.9 Å². The number of aromatic carboxylic acids is 1. The van der Waals surface area contributed by atoms with Gasteiger partial charge in [0, 0.05) is 25.0 Å². The number of nitrogens with zero attached hydrogens (tertiary/aromatic N) is 3. The van der Waals surface area contributed by atoms with Gasteiger partial charge in [-0.3, -0.25) is 14.3 Å². The molecule has 3 atom stereocenters. The van der Waals surface area contributed by atoms with Gasteiger partial charge in [-0.15, -0.1) is 0 Å². The lowest BCUT2D eigenvalue weighted by atomic mass is 10.1. The second kappa shape index (κ2) is 7.75. The van der Waals surface area contributed by atoms with Gasteiger partial charge >= 0.3 is 5.97 Å². The molecule has 2 aromatic rings. The number of aromatic nitrogens is 3. The third-order valence-electron chi connectivity index (χ3n) is 4.76. The molecule has 3 rings (SSSR count). The summed E-state index contributed by atoms with van der Waals surface area (Å²) in [6.07, 6.45) is 4.65. The molecule has 1 fully saturated rings. The molecule has 0 saturated heterocycles. The van der Waals surface area contributed by atoms with Crippen LogP contribution in [0.4, 0.5) is 0 Å². The average molecular weight is 374 g/mol. The predicted octanol–water partition coefficient (Wildman–Crippen LogP) is 0.00732. The molecule has 144 valence electrons. The van der Waals surface area contributed by atoms with Crippen molar-refractivity contribution >= 4 is 11.9 Å². The fourth-order valence-corrected chi connectivity index (χ4v) is 3.41. The summed E-state index contributed by atoms with van der Waals surface area (Å²) in [4.78, 5) is 35.0. The Morgan fingerprint density at radius 2 is 2.15 bits per heavy atom. The Hall–Kier alpha value is -2.94. The number of aliphatic hydroxyl groups excluding tert-OH is 1. The van der Waals surface area contributed by atoms with Crippen molar-refractivity contribution in [2.24, 2.45) is 5.92 Å². The summed E-state index contributed by atoms with van der Waals surface area (Å²) in [5.74, 6) is -1.31. The highest BCUT2D eigenvalue weighted by molar-refractivity contribution is 5.86. The number of carbonyl (C=O) groups excluding carboxylic acids is 1. The van der Waals surface area contributed by atoms with E-state index in [0.717, 1.165) is 5.56 Å². The van der Waals surface area contributed by atoms with Crippen LogP contribution in [0, 0.1) is 12.8 Å². The summed E-state index contributed by atoms with van der Waals surface area (Å²) < 4.78 is 2.86. The first-order valence-electron chi connectivity index (χ1n) is 8.72. The molecule has 3 N–H and O–H groups in total. The summed E-state index contributed by atoms with van der Waals surface area (Å²) in [6.45, 7) is 2.17. The Bertz CT molecular complexity index is 903. The smallest absolute Gasteiger partial charge is 0.338 e. The first-order valence-corrected chi connectivity index (χ1v) is 8.72. The molecule has 1 aliphatic carbocycles. The first kappa shape index (κ1) is 18.8. The van der Waals surface area contributed by atoms with Gasteiger partial charge in [-0.25, -0.2) is 4.79 Å². The van der Waals surface area contributed by atoms with Crippen LogP contribution in [0.25, 0.3) is 0 Å². The molecule has 1 saturated carbocycles. The van der Waals surface area contributed by atoms with Crippen molar-refractivity contribution in [3.05, 3.63) is 52.2 Å². The standard InChI is InChI=1S/C18H22N4O5/c1-11-2-3-21(17(25)4-11)10-16(24)20-14-5-12(6-15(14)23)8-22-9-13(7-19-22)18(26)27/h2-4,7,9,12,14-15,23H,5-6,8,10H2,1H3,(H,20,24)(H,26,27)/t12?,14-,15-/m1/s1. The van der Waals surface area contributed by atoms with E-state index in [9.17, 15) is 19.5 Å². The molecule has 1 unspecified atom stereocenters. The second-order valence-corrected chi connectivity index (χ2v) is 7.01.